The molecule has 0 bridgehead atoms. The number of carbonyl (C=O) groups excluding carboxylic acids is 2. The van der Waals surface area contributed by atoms with Gasteiger partial charge in [0.25, 0.3) is 5.91 Å². The second kappa shape index (κ2) is 18.6. The lowest BCUT2D eigenvalue weighted by atomic mass is 9.81. The summed E-state index contributed by atoms with van der Waals surface area (Å²) < 4.78 is 572. The van der Waals surface area contributed by atoms with E-state index in [1.807, 2.05) is 0 Å². The molecule has 4 nitrogen and oxygen atoms in total. The third kappa shape index (κ3) is 9.04. The first kappa shape index (κ1) is 70.2. The van der Waals surface area contributed by atoms with Crippen LogP contribution >= 0.6 is 0 Å². The fourth-order valence-electron chi connectivity index (χ4n) is 5.44. The summed E-state index contributed by atoms with van der Waals surface area (Å²) in [5.41, 5.74) is -1.57. The van der Waals surface area contributed by atoms with Crippen LogP contribution in [0.4, 0.5) is 186 Å². The van der Waals surface area contributed by atoms with Gasteiger partial charge in [-0.1, -0.05) is 0 Å². The van der Waals surface area contributed by atoms with E-state index < -0.39 is 148 Å². The van der Waals surface area contributed by atoms with Gasteiger partial charge in [-0.3, -0.25) is 4.79 Å². The Balaban J connectivity index is 4.01. The van der Waals surface area contributed by atoms with E-state index in [4.69, 9.17) is 0 Å². The molecule has 0 heterocycles. The second-order valence-electron chi connectivity index (χ2n) is 15.4. The number of nitrogens with one attached hydrogen (secondary N) is 1. The van der Waals surface area contributed by atoms with E-state index in [2.05, 4.69) is 4.99 Å². The van der Waals surface area contributed by atoms with E-state index in [1.54, 1.807) is 0 Å². The van der Waals surface area contributed by atoms with Gasteiger partial charge in [0.1, 0.15) is 0 Å². The van der Waals surface area contributed by atoms with E-state index in [0.29, 0.717) is 12.1 Å². The van der Waals surface area contributed by atoms with Crippen LogP contribution in [0, 0.1) is 6.92 Å². The number of isocyanates is 1. The van der Waals surface area contributed by atoms with Gasteiger partial charge in [-0.25, -0.2) is 4.79 Å². The van der Waals surface area contributed by atoms with E-state index in [-0.39, 0.29) is 12.5 Å². The molecule has 0 radical (unpaired) electrons. The van der Waals surface area contributed by atoms with E-state index in [1.165, 1.54) is 0 Å². The number of amides is 1. The average molecular weight is 1240 g/mol. The zero-order valence-electron chi connectivity index (χ0n) is 34.8. The monoisotopic (exact) mass is 1240 g/mol. The van der Waals surface area contributed by atoms with Crippen LogP contribution in [0.25, 0.3) is 0 Å². The van der Waals surface area contributed by atoms with Crippen LogP contribution in [0.1, 0.15) is 29.3 Å². The Morgan fingerprint density at radius 1 is 0.390 bits per heavy atom. The lowest BCUT2D eigenvalue weighted by Crippen LogP contribution is -2.80. The second-order valence-corrected chi connectivity index (χ2v) is 15.4. The zero-order chi connectivity index (χ0) is 62.8. The maximum Gasteiger partial charge on any atom is 0.460 e. The first-order valence-corrected chi connectivity index (χ1v) is 17.7. The summed E-state index contributed by atoms with van der Waals surface area (Å²) >= 11 is 0. The van der Waals surface area contributed by atoms with Gasteiger partial charge in [-0.2, -0.15) is 185 Å². The summed E-state index contributed by atoms with van der Waals surface area (Å²) in [5.74, 6) is -191. The van der Waals surface area contributed by atoms with E-state index in [0.717, 1.165) is 24.4 Å². The Morgan fingerprint density at radius 2 is 0.610 bits per heavy atom. The Bertz CT molecular complexity index is 2390. The lowest BCUT2D eigenvalue weighted by Gasteiger charge is -2.47. The molecule has 0 aliphatic carbocycles. The summed E-state index contributed by atoms with van der Waals surface area (Å²) in [5, 5.41) is 1.14. The van der Waals surface area contributed by atoms with E-state index >= 15 is 0 Å². The van der Waals surface area contributed by atoms with Gasteiger partial charge in [-0.05, 0) is 37.6 Å². The normalized spacial score (nSPS) is 16.6. The van der Waals surface area contributed by atoms with Crippen LogP contribution in [0.2, 0.25) is 0 Å². The highest BCUT2D eigenvalue weighted by Gasteiger charge is 3.03. The third-order valence-corrected chi connectivity index (χ3v) is 9.96. The van der Waals surface area contributed by atoms with Crippen LogP contribution in [0.5, 0.6) is 0 Å². The van der Waals surface area contributed by atoms with Crippen LogP contribution in [-0.2, 0) is 4.79 Å². The van der Waals surface area contributed by atoms with Crippen LogP contribution in [0.3, 0.4) is 0 Å². The minimum absolute atomic E-state index is 0.0530. The summed E-state index contributed by atoms with van der Waals surface area (Å²) in [6.45, 7) is 0.998. The Kier molecular flexibility index (Phi) is 17.0. The number of hydrogen-bond acceptors (Lipinski definition) is 3. The highest BCUT2D eigenvalue weighted by Crippen LogP contribution is 2.71. The molecule has 0 aromatic heterocycles. The standard InChI is InChI=1S/C32H13F41N2O2/c1-8-3-10(5-11(4-8)74-7-76)12(77)75-9(2)6-13(33,34)14(35,36)15(37,38)16(39,40)17(41,42)18(43,44)19(45,46)20(47,48)21(49,50)22(51,52)23(53,54)24(55,56)25(57,58)26(59,60)27(61,62)28(63,64)29(65,66)30(67,68)31(69,70)32(71,72)73/h3-5,9H,6H2,1-2H3,(H,75,77). The van der Waals surface area contributed by atoms with Gasteiger partial charge in [-0.15, -0.1) is 0 Å². The number of aryl methyl sites for hydroxylation is 1. The maximum atomic E-state index is 14.5. The largest absolute Gasteiger partial charge is 0.460 e. The highest BCUT2D eigenvalue weighted by molar-refractivity contribution is 5.95. The maximum absolute atomic E-state index is 14.5. The number of nitrogens with zero attached hydrogens (tertiary/aromatic N) is 1. The van der Waals surface area contributed by atoms with Crippen LogP contribution in [-0.4, -0.2) is 137 Å². The van der Waals surface area contributed by atoms with Gasteiger partial charge in [0.2, 0.25) is 6.08 Å². The van der Waals surface area contributed by atoms with Crippen molar-refractivity contribution in [2.75, 3.05) is 0 Å². The van der Waals surface area contributed by atoms with Crippen LogP contribution < -0.4 is 5.32 Å². The molecule has 0 aliphatic heterocycles. The van der Waals surface area contributed by atoms with Crippen molar-refractivity contribution < 1.29 is 190 Å². The van der Waals surface area contributed by atoms with Gasteiger partial charge in [0.15, 0.2) is 0 Å². The number of halogens is 41. The van der Waals surface area contributed by atoms with Crippen molar-refractivity contribution >= 4 is 17.7 Å². The molecule has 0 spiro atoms. The number of carbonyl (C=O) groups is 1. The Hall–Kier alpha value is -4.80. The first-order chi connectivity index (χ1) is 33.0. The predicted molar refractivity (Wildman–Crippen MR) is 161 cm³/mol. The highest BCUT2D eigenvalue weighted by atomic mass is 19.4. The number of benzene rings is 1. The Morgan fingerprint density at radius 3 is 0.831 bits per heavy atom. The molecular formula is C32H13F41N2O2. The van der Waals surface area contributed by atoms with Crippen molar-refractivity contribution in [1.82, 2.24) is 5.32 Å². The first-order valence-electron chi connectivity index (χ1n) is 17.7. The van der Waals surface area contributed by atoms with Gasteiger partial charge < -0.3 is 5.32 Å². The molecule has 77 heavy (non-hydrogen) atoms. The van der Waals surface area contributed by atoms with Crippen molar-refractivity contribution in [3.05, 3.63) is 29.3 Å². The van der Waals surface area contributed by atoms with Gasteiger partial charge in [0, 0.05) is 18.0 Å². The molecule has 1 N–H and O–H groups in total. The lowest BCUT2D eigenvalue weighted by molar-refractivity contribution is -0.495. The molecule has 450 valence electrons. The number of rotatable bonds is 23. The van der Waals surface area contributed by atoms with Crippen molar-refractivity contribution in [3.8, 4) is 0 Å². The molecule has 1 rings (SSSR count). The molecule has 1 atom stereocenters. The fraction of sp³-hybridized carbons (Fsp3) is 0.750. The molecule has 45 heteroatoms. The van der Waals surface area contributed by atoms with Crippen LogP contribution in [0.15, 0.2) is 23.2 Å². The average Bonchev–Trinajstić information content (AvgIpc) is 3.21. The molecule has 1 aromatic carbocycles. The summed E-state index contributed by atoms with van der Waals surface area (Å²) in [4.78, 5) is 25.7. The molecule has 0 fully saturated rings. The number of alkyl halides is 41. The van der Waals surface area contributed by atoms with Crippen molar-refractivity contribution in [1.29, 1.82) is 0 Å². The minimum Gasteiger partial charge on any atom is -0.349 e. The third-order valence-electron chi connectivity index (χ3n) is 9.96. The van der Waals surface area contributed by atoms with E-state index in [9.17, 15) is 190 Å². The van der Waals surface area contributed by atoms with Gasteiger partial charge >= 0.3 is 119 Å². The predicted octanol–water partition coefficient (Wildman–Crippen LogP) is 15.1. The van der Waals surface area contributed by atoms with Crippen molar-refractivity contribution in [2.24, 2.45) is 4.99 Å². The molecule has 0 aliphatic rings. The molecule has 1 unspecified atom stereocenters. The summed E-state index contributed by atoms with van der Waals surface area (Å²) in [6, 6.07) is -0.895. The molecular weight excluding hydrogens is 1220 g/mol. The quantitative estimate of drug-likeness (QED) is 0.0674. The number of hydrogen-bond donors (Lipinski definition) is 1. The minimum atomic E-state index is -10.7. The summed E-state index contributed by atoms with van der Waals surface area (Å²) in [6.07, 6.45) is -11.1. The molecule has 0 saturated heterocycles. The fourth-order valence-corrected chi connectivity index (χ4v) is 5.44. The van der Waals surface area contributed by atoms with Crippen molar-refractivity contribution in [3.63, 3.8) is 0 Å². The number of aliphatic imine (C=N–C) groups is 1. The molecule has 1 aromatic rings. The van der Waals surface area contributed by atoms with Gasteiger partial charge in [0.05, 0.1) is 5.69 Å². The zero-order valence-corrected chi connectivity index (χ0v) is 34.8. The van der Waals surface area contributed by atoms with Crippen molar-refractivity contribution in [2.45, 2.75) is 145 Å². The Labute approximate surface area is 392 Å². The summed E-state index contributed by atoms with van der Waals surface area (Å²) in [7, 11) is 0. The molecule has 0 saturated carbocycles. The molecule has 1 amide bonds. The topological polar surface area (TPSA) is 58.5 Å². The smallest absolute Gasteiger partial charge is 0.349 e. The SMILES string of the molecule is Cc1cc(N=C=O)cc(C(=O)NC(C)CC(F)(F)C(F)(F)C(F)(F)C(F)(F)C(F)(F)C(F)(F)C(F)(F)C(F)(F)C(F)(F)C(F)(F)C(F)(F)C(F)(F)C(F)(F)C(F)(F)C(F)(F)C(F)(F)C(F)(F)C(F)(F)C(F)(F)C(F)(F)F)c1.